The fraction of sp³-hybridized carbons (Fsp3) is 0.455. The van der Waals surface area contributed by atoms with Gasteiger partial charge in [-0.05, 0) is 12.1 Å². The highest BCUT2D eigenvalue weighted by molar-refractivity contribution is 6.35. The number of phenols is 1. The highest BCUT2D eigenvalue weighted by Crippen LogP contribution is 2.37. The number of carboxylic acid groups (broad SMARTS) is 1. The molecule has 2 aromatic carbocycles. The zero-order valence-electron chi connectivity index (χ0n) is 18.8. The first kappa shape index (κ1) is 28.7. The van der Waals surface area contributed by atoms with Crippen LogP contribution in [0.4, 0.5) is 0 Å². The van der Waals surface area contributed by atoms with Gasteiger partial charge in [-0.25, -0.2) is 4.79 Å². The van der Waals surface area contributed by atoms with Gasteiger partial charge in [0.1, 0.15) is 30.1 Å². The molecule has 0 saturated carbocycles. The van der Waals surface area contributed by atoms with Gasteiger partial charge >= 0.3 is 5.97 Å². The van der Waals surface area contributed by atoms with Crippen LogP contribution in [0.3, 0.4) is 0 Å². The van der Waals surface area contributed by atoms with E-state index in [-0.39, 0.29) is 5.75 Å². The Bertz CT molecular complexity index is 1010. The SMILES string of the molecule is CO[C@]1(O)CC(O)(C(=O)O)O[C@@H]([C@H](O)[C@H](O)CO)[C@@H]1NC(C)=O.Oc1ccc(Cl)c2ccccc12. The summed E-state index contributed by atoms with van der Waals surface area (Å²) in [4.78, 5) is 22.5. The molecule has 12 nitrogen and oxygen atoms in total. The standard InChI is InChI=1S/C12H21NO10.C10H7ClO/c1-5(15)13-9-8(7(17)6(16)3-14)23-12(21,10(18)19)4-11(9,20)22-2;11-9-5-6-10(12)8-4-2-1-3-7(8)9/h6-9,14,16-17,20-21H,3-4H2,1-2H3,(H,13,15)(H,18,19);1-6,12H/t6-,7-,8+,9+,11-,12?;/m1./s1. The molecule has 1 aliphatic heterocycles. The van der Waals surface area contributed by atoms with Crippen molar-refractivity contribution < 1.29 is 54.8 Å². The Kier molecular flexibility index (Phi) is 9.39. The first-order valence-corrected chi connectivity index (χ1v) is 10.7. The van der Waals surface area contributed by atoms with E-state index < -0.39 is 60.8 Å². The van der Waals surface area contributed by atoms with Gasteiger partial charge in [0, 0.05) is 29.8 Å². The number of methoxy groups -OCH3 is 1. The molecule has 0 spiro atoms. The summed E-state index contributed by atoms with van der Waals surface area (Å²) in [5.74, 6) is -7.64. The Morgan fingerprint density at radius 2 is 1.80 bits per heavy atom. The second-order valence-corrected chi connectivity index (χ2v) is 8.34. The molecular weight excluding hydrogens is 490 g/mol. The summed E-state index contributed by atoms with van der Waals surface area (Å²) in [6.07, 6.45) is -6.49. The molecule has 1 unspecified atom stereocenters. The number of hydrogen-bond donors (Lipinski definition) is 8. The normalized spacial score (nSPS) is 27.9. The molecule has 1 aliphatic rings. The quantitative estimate of drug-likeness (QED) is 0.225. The van der Waals surface area contributed by atoms with Crippen LogP contribution in [0.5, 0.6) is 5.75 Å². The van der Waals surface area contributed by atoms with Crippen LogP contribution < -0.4 is 5.32 Å². The minimum atomic E-state index is -2.94. The largest absolute Gasteiger partial charge is 0.507 e. The molecule has 0 aromatic heterocycles. The number of aromatic hydroxyl groups is 1. The average Bonchev–Trinajstić information content (AvgIpc) is 2.82. The maximum Gasteiger partial charge on any atom is 0.364 e. The number of ether oxygens (including phenoxy) is 2. The number of phenolic OH excluding ortho intramolecular Hbond substituents is 1. The van der Waals surface area contributed by atoms with Gasteiger partial charge in [0.15, 0.2) is 5.79 Å². The summed E-state index contributed by atoms with van der Waals surface area (Å²) in [6.45, 7) is 0.171. The lowest BCUT2D eigenvalue weighted by atomic mass is 9.85. The van der Waals surface area contributed by atoms with Crippen LogP contribution >= 0.6 is 11.6 Å². The summed E-state index contributed by atoms with van der Waals surface area (Å²) in [5.41, 5.74) is 0. The summed E-state index contributed by atoms with van der Waals surface area (Å²) in [7, 11) is 0.994. The summed E-state index contributed by atoms with van der Waals surface area (Å²) >= 11 is 5.92. The molecule has 1 fully saturated rings. The topological polar surface area (TPSA) is 206 Å². The Labute approximate surface area is 204 Å². The monoisotopic (exact) mass is 517 g/mol. The van der Waals surface area contributed by atoms with E-state index in [1.54, 1.807) is 12.1 Å². The van der Waals surface area contributed by atoms with E-state index in [9.17, 15) is 35.1 Å². The van der Waals surface area contributed by atoms with Crippen molar-refractivity contribution in [3.05, 3.63) is 41.4 Å². The van der Waals surface area contributed by atoms with Crippen LogP contribution in [0, 0.1) is 0 Å². The van der Waals surface area contributed by atoms with E-state index in [4.69, 9.17) is 31.3 Å². The molecule has 1 heterocycles. The number of halogens is 1. The van der Waals surface area contributed by atoms with Crippen LogP contribution in [0.25, 0.3) is 10.8 Å². The van der Waals surface area contributed by atoms with Crippen molar-refractivity contribution in [1.82, 2.24) is 5.32 Å². The smallest absolute Gasteiger partial charge is 0.364 e. The minimum Gasteiger partial charge on any atom is -0.507 e. The van der Waals surface area contributed by atoms with Gasteiger partial charge in [-0.2, -0.15) is 0 Å². The molecule has 2 aromatic rings. The van der Waals surface area contributed by atoms with Gasteiger partial charge in [-0.3, -0.25) is 4.79 Å². The van der Waals surface area contributed by atoms with E-state index in [1.807, 2.05) is 24.3 Å². The van der Waals surface area contributed by atoms with Crippen LogP contribution in [0.1, 0.15) is 13.3 Å². The van der Waals surface area contributed by atoms with Crippen molar-refractivity contribution in [2.75, 3.05) is 13.7 Å². The van der Waals surface area contributed by atoms with Crippen molar-refractivity contribution >= 4 is 34.2 Å². The number of aliphatic hydroxyl groups excluding tert-OH is 3. The maximum absolute atomic E-state index is 11.3. The van der Waals surface area contributed by atoms with Crippen LogP contribution in [0.15, 0.2) is 36.4 Å². The van der Waals surface area contributed by atoms with Gasteiger partial charge in [-0.1, -0.05) is 35.9 Å². The molecular formula is C22H28ClNO11. The molecule has 1 amide bonds. The van der Waals surface area contributed by atoms with E-state index in [1.165, 1.54) is 0 Å². The zero-order valence-corrected chi connectivity index (χ0v) is 19.6. The minimum absolute atomic E-state index is 0.273. The zero-order chi connectivity index (χ0) is 26.6. The van der Waals surface area contributed by atoms with Crippen molar-refractivity contribution in [2.24, 2.45) is 0 Å². The third-order valence-corrected chi connectivity index (χ3v) is 5.78. The lowest BCUT2D eigenvalue weighted by Gasteiger charge is -2.49. The van der Waals surface area contributed by atoms with Crippen LogP contribution in [0.2, 0.25) is 5.02 Å². The molecule has 8 N–H and O–H groups in total. The third kappa shape index (κ3) is 6.37. The van der Waals surface area contributed by atoms with Crippen molar-refractivity contribution in [3.63, 3.8) is 0 Å². The molecule has 0 aliphatic carbocycles. The third-order valence-electron chi connectivity index (χ3n) is 5.45. The number of aliphatic carboxylic acids is 1. The maximum atomic E-state index is 11.3. The van der Waals surface area contributed by atoms with E-state index >= 15 is 0 Å². The van der Waals surface area contributed by atoms with Gasteiger partial charge in [0.2, 0.25) is 5.91 Å². The Morgan fingerprint density at radius 3 is 2.29 bits per heavy atom. The molecule has 0 radical (unpaired) electrons. The predicted octanol–water partition coefficient (Wildman–Crippen LogP) is -0.699. The van der Waals surface area contributed by atoms with E-state index in [0.29, 0.717) is 5.02 Å². The number of carboxylic acids is 1. The van der Waals surface area contributed by atoms with Crippen LogP contribution in [-0.2, 0) is 19.1 Å². The van der Waals surface area contributed by atoms with Gasteiger partial charge in [-0.15, -0.1) is 0 Å². The first-order valence-electron chi connectivity index (χ1n) is 10.3. The Morgan fingerprint density at radius 1 is 1.20 bits per heavy atom. The number of amides is 1. The lowest BCUT2D eigenvalue weighted by molar-refractivity contribution is -0.357. The average molecular weight is 518 g/mol. The molecule has 0 bridgehead atoms. The Balaban J connectivity index is 0.000000298. The van der Waals surface area contributed by atoms with Gasteiger partial charge in [0.05, 0.1) is 13.0 Å². The number of fused-ring (bicyclic) bond motifs is 1. The number of aliphatic hydroxyl groups is 5. The predicted molar refractivity (Wildman–Crippen MR) is 121 cm³/mol. The number of carbonyl (C=O) groups excluding carboxylic acids is 1. The highest BCUT2D eigenvalue weighted by atomic mass is 35.5. The van der Waals surface area contributed by atoms with Crippen molar-refractivity contribution in [2.45, 2.75) is 49.3 Å². The number of nitrogens with one attached hydrogen (secondary N) is 1. The number of rotatable bonds is 6. The molecule has 35 heavy (non-hydrogen) atoms. The first-order chi connectivity index (χ1) is 16.3. The number of carbonyl (C=O) groups is 2. The molecule has 1 saturated heterocycles. The molecule has 194 valence electrons. The summed E-state index contributed by atoms with van der Waals surface area (Å²) in [5, 5.41) is 72.0. The number of hydrogen-bond acceptors (Lipinski definition) is 10. The molecule has 6 atom stereocenters. The van der Waals surface area contributed by atoms with Gasteiger partial charge < -0.3 is 50.5 Å². The fourth-order valence-electron chi connectivity index (χ4n) is 3.62. The van der Waals surface area contributed by atoms with Crippen LogP contribution in [-0.4, -0.2) is 97.3 Å². The fourth-order valence-corrected chi connectivity index (χ4v) is 3.85. The summed E-state index contributed by atoms with van der Waals surface area (Å²) < 4.78 is 9.72. The second kappa shape index (κ2) is 11.5. The van der Waals surface area contributed by atoms with E-state index in [2.05, 4.69) is 5.32 Å². The lowest BCUT2D eigenvalue weighted by Crippen LogP contribution is -2.72. The second-order valence-electron chi connectivity index (χ2n) is 7.93. The molecule has 3 rings (SSSR count). The van der Waals surface area contributed by atoms with Crippen molar-refractivity contribution in [3.8, 4) is 5.75 Å². The summed E-state index contributed by atoms with van der Waals surface area (Å²) in [6, 6.07) is 9.27. The molecule has 13 heteroatoms. The number of benzene rings is 2. The van der Waals surface area contributed by atoms with Gasteiger partial charge in [0.25, 0.3) is 5.79 Å². The Hall–Kier alpha value is -2.55. The van der Waals surface area contributed by atoms with Crippen molar-refractivity contribution in [1.29, 1.82) is 0 Å². The highest BCUT2D eigenvalue weighted by Gasteiger charge is 2.61. The van der Waals surface area contributed by atoms with E-state index in [0.717, 1.165) is 24.8 Å².